The van der Waals surface area contributed by atoms with Gasteiger partial charge in [0.1, 0.15) is 5.82 Å². The maximum Gasteiger partial charge on any atom is 0.303 e. The van der Waals surface area contributed by atoms with E-state index < -0.39 is 5.97 Å². The molecule has 100 valence electrons. The lowest BCUT2D eigenvalue weighted by Crippen LogP contribution is -2.39. The second kappa shape index (κ2) is 6.13. The standard InChI is InChI=1S/C12H19N3O2S/c1-2-10-13-12(18-14-10)15-8-4-3-5-9(15)6-7-11(16)17/h9H,2-8H2,1H3,(H,16,17). The zero-order valence-corrected chi connectivity index (χ0v) is 11.4. The average molecular weight is 269 g/mol. The van der Waals surface area contributed by atoms with Gasteiger partial charge in [-0.2, -0.15) is 4.37 Å². The van der Waals surface area contributed by atoms with Gasteiger partial charge in [-0.05, 0) is 25.7 Å². The molecule has 1 fully saturated rings. The Labute approximate surface area is 111 Å². The summed E-state index contributed by atoms with van der Waals surface area (Å²) in [7, 11) is 0. The van der Waals surface area contributed by atoms with Crippen LogP contribution in [0, 0.1) is 0 Å². The van der Waals surface area contributed by atoms with Crippen molar-refractivity contribution in [2.45, 2.75) is 51.5 Å². The Balaban J connectivity index is 2.04. The van der Waals surface area contributed by atoms with Gasteiger partial charge in [-0.3, -0.25) is 4.79 Å². The van der Waals surface area contributed by atoms with E-state index in [1.807, 2.05) is 6.92 Å². The number of carbonyl (C=O) groups is 1. The van der Waals surface area contributed by atoms with Gasteiger partial charge in [0.2, 0.25) is 5.13 Å². The van der Waals surface area contributed by atoms with Crippen molar-refractivity contribution in [3.63, 3.8) is 0 Å². The van der Waals surface area contributed by atoms with E-state index >= 15 is 0 Å². The summed E-state index contributed by atoms with van der Waals surface area (Å²) in [5.41, 5.74) is 0. The first-order valence-corrected chi connectivity index (χ1v) is 7.29. The van der Waals surface area contributed by atoms with E-state index in [0.717, 1.165) is 36.8 Å². The van der Waals surface area contributed by atoms with Gasteiger partial charge >= 0.3 is 5.97 Å². The van der Waals surface area contributed by atoms with Crippen LogP contribution in [0.2, 0.25) is 0 Å². The maximum atomic E-state index is 10.7. The quantitative estimate of drug-likeness (QED) is 0.888. The molecule has 0 aliphatic carbocycles. The summed E-state index contributed by atoms with van der Waals surface area (Å²) in [5, 5.41) is 9.76. The van der Waals surface area contributed by atoms with E-state index in [1.54, 1.807) is 0 Å². The Bertz CT molecular complexity index is 408. The smallest absolute Gasteiger partial charge is 0.303 e. The first-order chi connectivity index (χ1) is 8.70. The van der Waals surface area contributed by atoms with Gasteiger partial charge in [0.25, 0.3) is 0 Å². The molecule has 18 heavy (non-hydrogen) atoms. The molecule has 0 amide bonds. The Morgan fingerprint density at radius 2 is 2.39 bits per heavy atom. The van der Waals surface area contributed by atoms with Crippen molar-refractivity contribution in [2.24, 2.45) is 0 Å². The minimum atomic E-state index is -0.716. The third kappa shape index (κ3) is 3.19. The van der Waals surface area contributed by atoms with Gasteiger partial charge in [-0.1, -0.05) is 6.92 Å². The fourth-order valence-corrected chi connectivity index (χ4v) is 3.20. The van der Waals surface area contributed by atoms with Crippen molar-refractivity contribution in [1.82, 2.24) is 9.36 Å². The van der Waals surface area contributed by atoms with Crippen molar-refractivity contribution in [1.29, 1.82) is 0 Å². The molecule has 0 aromatic carbocycles. The van der Waals surface area contributed by atoms with Crippen molar-refractivity contribution >= 4 is 22.6 Å². The van der Waals surface area contributed by atoms with Crippen molar-refractivity contribution < 1.29 is 9.90 Å². The summed E-state index contributed by atoms with van der Waals surface area (Å²) in [6, 6.07) is 0.313. The monoisotopic (exact) mass is 269 g/mol. The van der Waals surface area contributed by atoms with E-state index in [0.29, 0.717) is 12.5 Å². The van der Waals surface area contributed by atoms with Crippen LogP contribution in [0.4, 0.5) is 5.13 Å². The number of piperidine rings is 1. The molecule has 1 saturated heterocycles. The van der Waals surface area contributed by atoms with E-state index in [1.165, 1.54) is 18.0 Å². The van der Waals surface area contributed by atoms with Crippen molar-refractivity contribution in [3.8, 4) is 0 Å². The number of aliphatic carboxylic acids is 1. The molecular weight excluding hydrogens is 250 g/mol. The first-order valence-electron chi connectivity index (χ1n) is 6.51. The molecule has 5 nitrogen and oxygen atoms in total. The van der Waals surface area contributed by atoms with Gasteiger partial charge in [0, 0.05) is 37.0 Å². The Morgan fingerprint density at radius 3 is 3.06 bits per heavy atom. The molecule has 1 aromatic heterocycles. The van der Waals surface area contributed by atoms with Gasteiger partial charge in [-0.25, -0.2) is 4.98 Å². The van der Waals surface area contributed by atoms with Crippen LogP contribution in [0.5, 0.6) is 0 Å². The maximum absolute atomic E-state index is 10.7. The van der Waals surface area contributed by atoms with Crippen LogP contribution >= 0.6 is 11.5 Å². The van der Waals surface area contributed by atoms with Gasteiger partial charge in [0.05, 0.1) is 0 Å². The number of hydrogen-bond donors (Lipinski definition) is 1. The molecule has 0 radical (unpaired) electrons. The molecule has 1 aliphatic heterocycles. The number of carboxylic acids is 1. The molecule has 2 rings (SSSR count). The highest BCUT2D eigenvalue weighted by atomic mass is 32.1. The van der Waals surface area contributed by atoms with Crippen LogP contribution in [0.15, 0.2) is 0 Å². The number of carboxylic acid groups (broad SMARTS) is 1. The molecule has 1 aromatic rings. The molecule has 6 heteroatoms. The SMILES string of the molecule is CCc1nsc(N2CCCCC2CCC(=O)O)n1. The highest BCUT2D eigenvalue weighted by Gasteiger charge is 2.25. The zero-order chi connectivity index (χ0) is 13.0. The van der Waals surface area contributed by atoms with Crippen molar-refractivity contribution in [3.05, 3.63) is 5.82 Å². The van der Waals surface area contributed by atoms with Gasteiger partial charge in [-0.15, -0.1) is 0 Å². The second-order valence-corrected chi connectivity index (χ2v) is 5.35. The second-order valence-electron chi connectivity index (χ2n) is 4.62. The Hall–Kier alpha value is -1.17. The molecule has 1 N–H and O–H groups in total. The zero-order valence-electron chi connectivity index (χ0n) is 10.6. The summed E-state index contributed by atoms with van der Waals surface area (Å²) in [5.74, 6) is 0.171. The van der Waals surface area contributed by atoms with E-state index in [9.17, 15) is 4.79 Å². The molecule has 0 saturated carbocycles. The topological polar surface area (TPSA) is 66.3 Å². The molecule has 1 atom stereocenters. The molecule has 2 heterocycles. The summed E-state index contributed by atoms with van der Waals surface area (Å²) in [6.07, 6.45) is 5.19. The van der Waals surface area contributed by atoms with Crippen LogP contribution < -0.4 is 4.90 Å². The highest BCUT2D eigenvalue weighted by molar-refractivity contribution is 7.09. The third-order valence-electron chi connectivity index (χ3n) is 3.34. The lowest BCUT2D eigenvalue weighted by atomic mass is 9.98. The fourth-order valence-electron chi connectivity index (χ4n) is 2.35. The molecule has 0 spiro atoms. The minimum absolute atomic E-state index is 0.237. The van der Waals surface area contributed by atoms with Gasteiger partial charge in [0.15, 0.2) is 0 Å². The fraction of sp³-hybridized carbons (Fsp3) is 0.750. The molecule has 0 bridgehead atoms. The van der Waals surface area contributed by atoms with Crippen LogP contribution in [0.25, 0.3) is 0 Å². The highest BCUT2D eigenvalue weighted by Crippen LogP contribution is 2.28. The average Bonchev–Trinajstić information content (AvgIpc) is 2.85. The van der Waals surface area contributed by atoms with Crippen LogP contribution in [0.3, 0.4) is 0 Å². The predicted molar refractivity (Wildman–Crippen MR) is 71.1 cm³/mol. The van der Waals surface area contributed by atoms with Crippen molar-refractivity contribution in [2.75, 3.05) is 11.4 Å². The Morgan fingerprint density at radius 1 is 1.56 bits per heavy atom. The van der Waals surface area contributed by atoms with E-state index in [-0.39, 0.29) is 6.42 Å². The van der Waals surface area contributed by atoms with Gasteiger partial charge < -0.3 is 10.0 Å². The number of nitrogens with zero attached hydrogens (tertiary/aromatic N) is 3. The third-order valence-corrected chi connectivity index (χ3v) is 4.13. The lowest BCUT2D eigenvalue weighted by Gasteiger charge is -2.35. The normalized spacial score (nSPS) is 20.1. The van der Waals surface area contributed by atoms with Crippen LogP contribution in [-0.2, 0) is 11.2 Å². The summed E-state index contributed by atoms with van der Waals surface area (Å²) in [6.45, 7) is 3.02. The number of rotatable bonds is 5. The largest absolute Gasteiger partial charge is 0.481 e. The van der Waals surface area contributed by atoms with E-state index in [4.69, 9.17) is 5.11 Å². The molecule has 1 unspecified atom stereocenters. The van der Waals surface area contributed by atoms with Crippen LogP contribution in [-0.4, -0.2) is 33.0 Å². The van der Waals surface area contributed by atoms with E-state index in [2.05, 4.69) is 14.3 Å². The predicted octanol–water partition coefficient (Wildman–Crippen LogP) is 2.32. The Kier molecular flexibility index (Phi) is 4.52. The molecular formula is C12H19N3O2S. The molecule has 1 aliphatic rings. The summed E-state index contributed by atoms with van der Waals surface area (Å²) < 4.78 is 4.31. The summed E-state index contributed by atoms with van der Waals surface area (Å²) >= 11 is 1.44. The number of aryl methyl sites for hydroxylation is 1. The number of hydrogen-bond acceptors (Lipinski definition) is 5. The van der Waals surface area contributed by atoms with Crippen LogP contribution in [0.1, 0.15) is 44.9 Å². The first kappa shape index (κ1) is 13.3. The summed E-state index contributed by atoms with van der Waals surface area (Å²) in [4.78, 5) is 17.5. The minimum Gasteiger partial charge on any atom is -0.481 e. The number of anilines is 1. The number of aromatic nitrogens is 2. The lowest BCUT2D eigenvalue weighted by molar-refractivity contribution is -0.137.